The third kappa shape index (κ3) is 7.40. The molecule has 0 amide bonds. The third-order valence-electron chi connectivity index (χ3n) is 1.29. The van der Waals surface area contributed by atoms with Crippen LogP contribution in [0.15, 0.2) is 13.2 Å². The Morgan fingerprint density at radius 1 is 1.50 bits per heavy atom. The van der Waals surface area contributed by atoms with Crippen LogP contribution in [0.3, 0.4) is 0 Å². The molecule has 0 aromatic carbocycles. The number of hydrogen-bond donors (Lipinski definition) is 3. The number of nitrogens with one attached hydrogen (secondary N) is 1. The molecule has 0 aromatic rings. The topological polar surface area (TPSA) is 69.6 Å². The van der Waals surface area contributed by atoms with E-state index in [-0.39, 0.29) is 12.2 Å². The average molecular weight is 175 g/mol. The normalized spacial score (nSPS) is 11.8. The molecule has 1 atom stereocenters. The SMILES string of the molecule is C=C.CNC(CC(O)O)C(C)=O. The Hall–Kier alpha value is -0.710. The van der Waals surface area contributed by atoms with Crippen LogP contribution < -0.4 is 5.32 Å². The zero-order chi connectivity index (χ0) is 10.1. The van der Waals surface area contributed by atoms with Gasteiger partial charge in [-0.1, -0.05) is 0 Å². The Labute approximate surface area is 72.9 Å². The molecule has 72 valence electrons. The second-order valence-corrected chi connectivity index (χ2v) is 2.17. The maximum atomic E-state index is 10.6. The molecule has 0 spiro atoms. The fourth-order valence-electron chi connectivity index (χ4n) is 0.698. The quantitative estimate of drug-likeness (QED) is 0.404. The van der Waals surface area contributed by atoms with Crippen molar-refractivity contribution in [2.45, 2.75) is 25.7 Å². The minimum atomic E-state index is -1.42. The van der Waals surface area contributed by atoms with Crippen molar-refractivity contribution in [2.24, 2.45) is 0 Å². The Morgan fingerprint density at radius 2 is 1.92 bits per heavy atom. The maximum absolute atomic E-state index is 10.6. The third-order valence-corrected chi connectivity index (χ3v) is 1.29. The number of aliphatic hydroxyl groups excluding tert-OH is 1. The standard InChI is InChI=1S/C6H13NO3.C2H4/c1-4(8)5(7-2)3-6(9)10;1-2/h5-7,9-10H,3H2,1-2H3;1-2H2. The summed E-state index contributed by atoms with van der Waals surface area (Å²) in [6.07, 6.45) is -1.37. The van der Waals surface area contributed by atoms with Gasteiger partial charge in [-0.15, -0.1) is 13.2 Å². The van der Waals surface area contributed by atoms with E-state index < -0.39 is 12.3 Å². The summed E-state index contributed by atoms with van der Waals surface area (Å²) in [7, 11) is 1.61. The van der Waals surface area contributed by atoms with E-state index in [1.54, 1.807) is 7.05 Å². The number of ketones is 1. The molecule has 0 heterocycles. The fourth-order valence-corrected chi connectivity index (χ4v) is 0.698. The summed E-state index contributed by atoms with van der Waals surface area (Å²) in [5.41, 5.74) is 0. The summed E-state index contributed by atoms with van der Waals surface area (Å²) in [6.45, 7) is 7.41. The molecule has 0 fully saturated rings. The Morgan fingerprint density at radius 3 is 2.00 bits per heavy atom. The lowest BCUT2D eigenvalue weighted by atomic mass is 10.1. The summed E-state index contributed by atoms with van der Waals surface area (Å²) in [6, 6.07) is -0.444. The molecule has 1 unspecified atom stereocenters. The number of aliphatic hydroxyl groups is 2. The van der Waals surface area contributed by atoms with Crippen LogP contribution >= 0.6 is 0 Å². The lowest BCUT2D eigenvalue weighted by Gasteiger charge is -2.12. The number of carbonyl (C=O) groups excluding carboxylic acids is 1. The molecule has 0 radical (unpaired) electrons. The number of hydrogen-bond acceptors (Lipinski definition) is 4. The minimum Gasteiger partial charge on any atom is -0.368 e. The second-order valence-electron chi connectivity index (χ2n) is 2.17. The molecule has 0 saturated heterocycles. The van der Waals surface area contributed by atoms with Gasteiger partial charge in [0.05, 0.1) is 6.04 Å². The van der Waals surface area contributed by atoms with Crippen molar-refractivity contribution < 1.29 is 15.0 Å². The first-order chi connectivity index (χ1) is 5.57. The molecule has 12 heavy (non-hydrogen) atoms. The predicted octanol–water partition coefficient (Wildman–Crippen LogP) is -0.334. The van der Waals surface area contributed by atoms with Crippen LogP contribution in [0.4, 0.5) is 0 Å². The van der Waals surface area contributed by atoms with Crippen molar-refractivity contribution in [3.8, 4) is 0 Å². The molecule has 0 aliphatic carbocycles. The van der Waals surface area contributed by atoms with Crippen LogP contribution in [-0.2, 0) is 4.79 Å². The van der Waals surface area contributed by atoms with Crippen molar-refractivity contribution in [3.63, 3.8) is 0 Å². The first kappa shape index (κ1) is 13.9. The molecule has 4 heteroatoms. The lowest BCUT2D eigenvalue weighted by molar-refractivity contribution is -0.122. The molecule has 0 aliphatic heterocycles. The zero-order valence-electron chi connectivity index (χ0n) is 7.58. The van der Waals surface area contributed by atoms with E-state index >= 15 is 0 Å². The minimum absolute atomic E-state index is 0.0475. The van der Waals surface area contributed by atoms with Crippen molar-refractivity contribution in [3.05, 3.63) is 13.2 Å². The van der Waals surface area contributed by atoms with Crippen LogP contribution in [0.2, 0.25) is 0 Å². The van der Waals surface area contributed by atoms with Gasteiger partial charge in [0.25, 0.3) is 0 Å². The van der Waals surface area contributed by atoms with Gasteiger partial charge >= 0.3 is 0 Å². The number of carbonyl (C=O) groups is 1. The highest BCUT2D eigenvalue weighted by Crippen LogP contribution is 1.95. The predicted molar refractivity (Wildman–Crippen MR) is 47.6 cm³/mol. The van der Waals surface area contributed by atoms with Crippen molar-refractivity contribution in [1.82, 2.24) is 5.32 Å². The van der Waals surface area contributed by atoms with Gasteiger partial charge in [-0.3, -0.25) is 4.79 Å². The van der Waals surface area contributed by atoms with Crippen molar-refractivity contribution in [1.29, 1.82) is 0 Å². The van der Waals surface area contributed by atoms with Crippen LogP contribution in [0.5, 0.6) is 0 Å². The van der Waals surface area contributed by atoms with Crippen LogP contribution in [0.25, 0.3) is 0 Å². The summed E-state index contributed by atoms with van der Waals surface area (Å²) in [5, 5.41) is 19.6. The van der Waals surface area contributed by atoms with Crippen LogP contribution in [0.1, 0.15) is 13.3 Å². The van der Waals surface area contributed by atoms with E-state index in [1.807, 2.05) is 0 Å². The number of rotatable bonds is 4. The summed E-state index contributed by atoms with van der Waals surface area (Å²) in [4.78, 5) is 10.6. The molecular weight excluding hydrogens is 158 g/mol. The first-order valence-corrected chi connectivity index (χ1v) is 3.61. The molecule has 4 nitrogen and oxygen atoms in total. The highest BCUT2D eigenvalue weighted by atomic mass is 16.5. The molecular formula is C8H17NO3. The molecule has 0 aromatic heterocycles. The number of Topliss-reactive ketones (excluding diaryl/α,β-unsaturated/α-hetero) is 1. The highest BCUT2D eigenvalue weighted by Gasteiger charge is 2.14. The summed E-state index contributed by atoms with van der Waals surface area (Å²) < 4.78 is 0. The molecule has 0 rings (SSSR count). The van der Waals surface area contributed by atoms with E-state index in [1.165, 1.54) is 6.92 Å². The van der Waals surface area contributed by atoms with Gasteiger partial charge in [0, 0.05) is 6.42 Å². The second kappa shape index (κ2) is 8.39. The Balaban J connectivity index is 0. The van der Waals surface area contributed by atoms with Gasteiger partial charge in [0.2, 0.25) is 0 Å². The van der Waals surface area contributed by atoms with Gasteiger partial charge in [0.15, 0.2) is 6.29 Å². The Bertz CT molecular complexity index is 125. The summed E-state index contributed by atoms with van der Waals surface area (Å²) >= 11 is 0. The van der Waals surface area contributed by atoms with Gasteiger partial charge in [-0.2, -0.15) is 0 Å². The van der Waals surface area contributed by atoms with Gasteiger partial charge in [-0.05, 0) is 14.0 Å². The number of likely N-dealkylation sites (N-methyl/N-ethyl adjacent to an activating group) is 1. The average Bonchev–Trinajstić information content (AvgIpc) is 2.03. The highest BCUT2D eigenvalue weighted by molar-refractivity contribution is 5.81. The van der Waals surface area contributed by atoms with Gasteiger partial charge < -0.3 is 15.5 Å². The van der Waals surface area contributed by atoms with Gasteiger partial charge in [0.1, 0.15) is 5.78 Å². The monoisotopic (exact) mass is 175 g/mol. The molecule has 0 bridgehead atoms. The maximum Gasteiger partial charge on any atom is 0.153 e. The van der Waals surface area contributed by atoms with E-state index in [4.69, 9.17) is 10.2 Å². The van der Waals surface area contributed by atoms with E-state index in [2.05, 4.69) is 18.5 Å². The molecule has 0 saturated carbocycles. The van der Waals surface area contributed by atoms with Crippen molar-refractivity contribution >= 4 is 5.78 Å². The van der Waals surface area contributed by atoms with E-state index in [9.17, 15) is 4.79 Å². The fraction of sp³-hybridized carbons (Fsp3) is 0.625. The largest absolute Gasteiger partial charge is 0.368 e. The smallest absolute Gasteiger partial charge is 0.153 e. The zero-order valence-corrected chi connectivity index (χ0v) is 7.58. The lowest BCUT2D eigenvalue weighted by Crippen LogP contribution is -2.35. The van der Waals surface area contributed by atoms with Crippen LogP contribution in [-0.4, -0.2) is 35.4 Å². The summed E-state index contributed by atoms with van der Waals surface area (Å²) in [5.74, 6) is -0.0874. The van der Waals surface area contributed by atoms with Gasteiger partial charge in [-0.25, -0.2) is 0 Å². The molecule has 0 aliphatic rings. The van der Waals surface area contributed by atoms with Crippen LogP contribution in [0, 0.1) is 0 Å². The van der Waals surface area contributed by atoms with E-state index in [0.717, 1.165) is 0 Å². The Kier molecular flexibility index (Phi) is 9.68. The molecule has 3 N–H and O–H groups in total. The van der Waals surface area contributed by atoms with E-state index in [0.29, 0.717) is 0 Å². The first-order valence-electron chi connectivity index (χ1n) is 3.61. The van der Waals surface area contributed by atoms with Crippen molar-refractivity contribution in [2.75, 3.05) is 7.05 Å².